The van der Waals surface area contributed by atoms with Crippen molar-refractivity contribution >= 4 is 17.1 Å². The van der Waals surface area contributed by atoms with E-state index < -0.39 is 0 Å². The highest BCUT2D eigenvalue weighted by molar-refractivity contribution is 7.81. The average molecular weight is 311 g/mol. The van der Waals surface area contributed by atoms with Crippen molar-refractivity contribution in [3.05, 3.63) is 57.9 Å². The third kappa shape index (κ3) is 2.77. The van der Waals surface area contributed by atoms with Gasteiger partial charge in [0.15, 0.2) is 0 Å². The van der Waals surface area contributed by atoms with Gasteiger partial charge in [0, 0.05) is 17.0 Å². The number of hydrogen-bond donors (Lipinski definition) is 1. The standard InChI is InChI=1S/C20H25NS/c1-3-13(4-2)18-11-16(21)12-19(18)15-9-14-7-5-6-8-17(14)20(22)10-15/h6,8,10-11,13H,3-5,7,9,12,21H2,1-2H3. The van der Waals surface area contributed by atoms with E-state index in [-0.39, 0.29) is 0 Å². The normalized spacial score (nSPS) is 21.5. The maximum absolute atomic E-state index is 6.17. The molecule has 0 aromatic carbocycles. The Labute approximate surface area is 139 Å². The molecule has 0 bridgehead atoms. The Bertz CT molecular complexity index is 651. The van der Waals surface area contributed by atoms with Gasteiger partial charge in [-0.05, 0) is 72.5 Å². The van der Waals surface area contributed by atoms with E-state index in [1.54, 1.807) is 0 Å². The van der Waals surface area contributed by atoms with E-state index in [4.69, 9.17) is 18.0 Å². The van der Waals surface area contributed by atoms with E-state index in [1.165, 1.54) is 40.7 Å². The Morgan fingerprint density at radius 1 is 1.18 bits per heavy atom. The smallest absolute Gasteiger partial charge is 0.0451 e. The third-order valence-electron chi connectivity index (χ3n) is 5.14. The van der Waals surface area contributed by atoms with Crippen molar-refractivity contribution in [2.75, 3.05) is 0 Å². The lowest BCUT2D eigenvalue weighted by molar-refractivity contribution is 0.580. The molecule has 3 aliphatic carbocycles. The van der Waals surface area contributed by atoms with Gasteiger partial charge in [-0.1, -0.05) is 43.8 Å². The third-order valence-corrected chi connectivity index (χ3v) is 5.47. The Morgan fingerprint density at radius 2 is 1.95 bits per heavy atom. The summed E-state index contributed by atoms with van der Waals surface area (Å²) in [5.41, 5.74) is 14.3. The van der Waals surface area contributed by atoms with Crippen LogP contribution in [-0.4, -0.2) is 4.86 Å². The van der Waals surface area contributed by atoms with E-state index in [9.17, 15) is 0 Å². The van der Waals surface area contributed by atoms with Crippen molar-refractivity contribution in [1.82, 2.24) is 0 Å². The van der Waals surface area contributed by atoms with Crippen LogP contribution >= 0.6 is 12.2 Å². The number of nitrogens with two attached hydrogens (primary N) is 1. The van der Waals surface area contributed by atoms with Crippen molar-refractivity contribution in [3.63, 3.8) is 0 Å². The van der Waals surface area contributed by atoms with Gasteiger partial charge in [-0.15, -0.1) is 0 Å². The van der Waals surface area contributed by atoms with Crippen LogP contribution in [0.25, 0.3) is 0 Å². The van der Waals surface area contributed by atoms with Crippen molar-refractivity contribution in [3.8, 4) is 0 Å². The number of thiocarbonyl (C=S) groups is 1. The Hall–Kier alpha value is -1.41. The van der Waals surface area contributed by atoms with Gasteiger partial charge in [-0.25, -0.2) is 0 Å². The van der Waals surface area contributed by atoms with Crippen molar-refractivity contribution < 1.29 is 0 Å². The van der Waals surface area contributed by atoms with E-state index in [1.807, 2.05) is 0 Å². The van der Waals surface area contributed by atoms with Gasteiger partial charge >= 0.3 is 0 Å². The molecular formula is C20H25NS. The first-order valence-corrected chi connectivity index (χ1v) is 8.87. The maximum Gasteiger partial charge on any atom is 0.0451 e. The van der Waals surface area contributed by atoms with Gasteiger partial charge in [-0.2, -0.15) is 0 Å². The summed E-state index contributed by atoms with van der Waals surface area (Å²) >= 11 is 5.65. The molecule has 2 N–H and O–H groups in total. The number of allylic oxidation sites excluding steroid dienone is 9. The molecule has 0 amide bonds. The summed E-state index contributed by atoms with van der Waals surface area (Å²) in [5.74, 6) is 0.618. The highest BCUT2D eigenvalue weighted by Gasteiger charge is 2.26. The first-order chi connectivity index (χ1) is 10.6. The lowest BCUT2D eigenvalue weighted by Gasteiger charge is -2.25. The van der Waals surface area contributed by atoms with Crippen LogP contribution in [0.5, 0.6) is 0 Å². The molecule has 0 aromatic heterocycles. The predicted octanol–water partition coefficient (Wildman–Crippen LogP) is 5.31. The van der Waals surface area contributed by atoms with Gasteiger partial charge < -0.3 is 5.73 Å². The molecule has 0 spiro atoms. The summed E-state index contributed by atoms with van der Waals surface area (Å²) in [4.78, 5) is 1.01. The fourth-order valence-corrected chi connectivity index (χ4v) is 4.25. The highest BCUT2D eigenvalue weighted by atomic mass is 32.1. The predicted molar refractivity (Wildman–Crippen MR) is 98.7 cm³/mol. The lowest BCUT2D eigenvalue weighted by atomic mass is 9.80. The minimum atomic E-state index is 0.618. The second-order valence-electron chi connectivity index (χ2n) is 6.51. The van der Waals surface area contributed by atoms with Crippen LogP contribution in [-0.2, 0) is 0 Å². The largest absolute Gasteiger partial charge is 0.402 e. The molecule has 0 aliphatic heterocycles. The number of hydrogen-bond acceptors (Lipinski definition) is 2. The molecule has 0 aromatic rings. The van der Waals surface area contributed by atoms with Gasteiger partial charge in [0.1, 0.15) is 0 Å². The number of rotatable bonds is 4. The second-order valence-corrected chi connectivity index (χ2v) is 6.95. The van der Waals surface area contributed by atoms with Crippen LogP contribution in [0.3, 0.4) is 0 Å². The molecule has 3 aliphatic rings. The van der Waals surface area contributed by atoms with Crippen LogP contribution in [0, 0.1) is 5.92 Å². The van der Waals surface area contributed by atoms with Gasteiger partial charge in [0.25, 0.3) is 0 Å². The molecule has 0 atom stereocenters. The Balaban J connectivity index is 1.95. The van der Waals surface area contributed by atoms with E-state index in [0.717, 1.165) is 36.2 Å². The first kappa shape index (κ1) is 15.5. The summed E-state index contributed by atoms with van der Waals surface area (Å²) in [6.45, 7) is 4.54. The molecule has 22 heavy (non-hydrogen) atoms. The fraction of sp³-hybridized carbons (Fsp3) is 0.450. The molecule has 0 unspecified atom stereocenters. The van der Waals surface area contributed by atoms with Gasteiger partial charge in [0.05, 0.1) is 0 Å². The molecule has 0 fully saturated rings. The van der Waals surface area contributed by atoms with E-state index >= 15 is 0 Å². The molecule has 0 saturated heterocycles. The minimum Gasteiger partial charge on any atom is -0.402 e. The topological polar surface area (TPSA) is 26.0 Å². The Kier molecular flexibility index (Phi) is 4.49. The summed E-state index contributed by atoms with van der Waals surface area (Å²) in [6, 6.07) is 0. The van der Waals surface area contributed by atoms with Gasteiger partial charge in [0.2, 0.25) is 0 Å². The van der Waals surface area contributed by atoms with Crippen LogP contribution in [0.1, 0.15) is 52.4 Å². The summed E-state index contributed by atoms with van der Waals surface area (Å²) in [5, 5.41) is 0. The molecule has 2 heteroatoms. The van der Waals surface area contributed by atoms with Crippen LogP contribution in [0.2, 0.25) is 0 Å². The average Bonchev–Trinajstić information content (AvgIpc) is 2.90. The van der Waals surface area contributed by atoms with Crippen molar-refractivity contribution in [2.45, 2.75) is 52.4 Å². The summed E-state index contributed by atoms with van der Waals surface area (Å²) < 4.78 is 0. The van der Waals surface area contributed by atoms with Crippen molar-refractivity contribution in [1.29, 1.82) is 0 Å². The maximum atomic E-state index is 6.17. The highest BCUT2D eigenvalue weighted by Crippen LogP contribution is 2.41. The molecule has 0 saturated carbocycles. The summed E-state index contributed by atoms with van der Waals surface area (Å²) in [7, 11) is 0. The Morgan fingerprint density at radius 3 is 2.68 bits per heavy atom. The van der Waals surface area contributed by atoms with E-state index in [2.05, 4.69) is 38.2 Å². The SMILES string of the molecule is CCC(CC)C1=C(C2=CC(=S)C3=C(CCC=C3)C2)CC(N)=C1. The zero-order chi connectivity index (χ0) is 15.7. The molecule has 116 valence electrons. The van der Waals surface area contributed by atoms with E-state index in [0.29, 0.717) is 5.92 Å². The monoisotopic (exact) mass is 311 g/mol. The van der Waals surface area contributed by atoms with Crippen LogP contribution in [0.15, 0.2) is 57.9 Å². The lowest BCUT2D eigenvalue weighted by Crippen LogP contribution is -2.12. The molecule has 0 heterocycles. The first-order valence-electron chi connectivity index (χ1n) is 8.46. The molecule has 0 radical (unpaired) electrons. The molecule has 1 nitrogen and oxygen atoms in total. The molecular weight excluding hydrogens is 286 g/mol. The van der Waals surface area contributed by atoms with Crippen LogP contribution < -0.4 is 5.73 Å². The van der Waals surface area contributed by atoms with Gasteiger partial charge in [-0.3, -0.25) is 0 Å². The minimum absolute atomic E-state index is 0.618. The van der Waals surface area contributed by atoms with Crippen molar-refractivity contribution in [2.24, 2.45) is 11.7 Å². The zero-order valence-electron chi connectivity index (χ0n) is 13.6. The molecule has 3 rings (SSSR count). The second kappa shape index (κ2) is 6.37. The zero-order valence-corrected chi connectivity index (χ0v) is 14.4. The quantitative estimate of drug-likeness (QED) is 0.712. The van der Waals surface area contributed by atoms with Crippen LogP contribution in [0.4, 0.5) is 0 Å². The summed E-state index contributed by atoms with van der Waals surface area (Å²) in [6.07, 6.45) is 15.5. The fourth-order valence-electron chi connectivity index (χ4n) is 3.90.